The zero-order chi connectivity index (χ0) is 27.6. The number of nitrogens with one attached hydrogen (secondary N) is 3. The van der Waals surface area contributed by atoms with Crippen LogP contribution in [0.15, 0.2) is 0 Å². The molecule has 2 heterocycles. The van der Waals surface area contributed by atoms with Gasteiger partial charge in [0.2, 0.25) is 17.6 Å². The summed E-state index contributed by atoms with van der Waals surface area (Å²) in [5.74, 6) is -2.44. The summed E-state index contributed by atoms with van der Waals surface area (Å²) < 4.78 is 0. The van der Waals surface area contributed by atoms with E-state index in [4.69, 9.17) is 5.73 Å². The first-order valence-corrected chi connectivity index (χ1v) is 14.3. The van der Waals surface area contributed by atoms with Gasteiger partial charge in [-0.2, -0.15) is 0 Å². The molecule has 11 nitrogen and oxygen atoms in total. The molecule has 0 aromatic heterocycles. The van der Waals surface area contributed by atoms with Gasteiger partial charge in [-0.05, 0) is 42.4 Å². The van der Waals surface area contributed by atoms with Gasteiger partial charge in [-0.3, -0.25) is 19.2 Å². The number of hydrogen-bond acceptors (Lipinski definition) is 6. The van der Waals surface area contributed by atoms with Crippen molar-refractivity contribution in [1.29, 1.82) is 0 Å². The van der Waals surface area contributed by atoms with Gasteiger partial charge in [0.15, 0.2) is 0 Å². The summed E-state index contributed by atoms with van der Waals surface area (Å²) in [6.07, 6.45) is 5.71. The zero-order valence-electron chi connectivity index (χ0n) is 23.0. The van der Waals surface area contributed by atoms with Gasteiger partial charge in [0.1, 0.15) is 12.1 Å². The molecule has 5 N–H and O–H groups in total. The minimum absolute atomic E-state index is 0.0149. The predicted octanol–water partition coefficient (Wildman–Crippen LogP) is 0.372. The van der Waals surface area contributed by atoms with Crippen molar-refractivity contribution in [3.63, 3.8) is 0 Å². The van der Waals surface area contributed by atoms with E-state index in [1.807, 2.05) is 6.92 Å². The summed E-state index contributed by atoms with van der Waals surface area (Å²) in [5.41, 5.74) is 5.11. The van der Waals surface area contributed by atoms with Crippen LogP contribution < -0.4 is 21.7 Å². The van der Waals surface area contributed by atoms with E-state index in [1.54, 1.807) is 9.80 Å². The van der Waals surface area contributed by atoms with Gasteiger partial charge >= 0.3 is 6.03 Å². The summed E-state index contributed by atoms with van der Waals surface area (Å²) in [5, 5.41) is 9.04. The highest BCUT2D eigenvalue weighted by Gasteiger charge is 2.69. The van der Waals surface area contributed by atoms with Crippen LogP contribution >= 0.6 is 0 Å². The number of nitrogens with zero attached hydrogens (tertiary/aromatic N) is 2. The molecular weight excluding hydrogens is 488 g/mol. The SMILES string of the molecule is CCCC(NC(=O)[C@@H]1C2C(CN1C(=O)C(NC(=O)N1CCNCC1)C1CCCCC1)C2(C)C)C(=O)C(N)=O. The molecule has 2 aliphatic heterocycles. The van der Waals surface area contributed by atoms with Crippen LogP contribution in [0.5, 0.6) is 0 Å². The van der Waals surface area contributed by atoms with Gasteiger partial charge in [-0.15, -0.1) is 0 Å². The molecule has 212 valence electrons. The van der Waals surface area contributed by atoms with Crippen LogP contribution in [0, 0.1) is 23.2 Å². The molecule has 0 spiro atoms. The van der Waals surface area contributed by atoms with Crippen molar-refractivity contribution in [3.05, 3.63) is 0 Å². The molecule has 4 aliphatic rings. The van der Waals surface area contributed by atoms with E-state index in [0.29, 0.717) is 39.1 Å². The average molecular weight is 533 g/mol. The predicted molar refractivity (Wildman–Crippen MR) is 141 cm³/mol. The van der Waals surface area contributed by atoms with Crippen LogP contribution in [0.2, 0.25) is 0 Å². The minimum atomic E-state index is -1.08. The monoisotopic (exact) mass is 532 g/mol. The molecule has 5 atom stereocenters. The fraction of sp³-hybridized carbons (Fsp3) is 0.815. The molecule has 0 bridgehead atoms. The number of primary amides is 1. The summed E-state index contributed by atoms with van der Waals surface area (Å²) in [6.45, 7) is 9.06. The van der Waals surface area contributed by atoms with Gasteiger partial charge in [0.25, 0.3) is 5.91 Å². The van der Waals surface area contributed by atoms with E-state index in [0.717, 1.165) is 32.1 Å². The Hall–Kier alpha value is -2.69. The molecule has 4 rings (SSSR count). The van der Waals surface area contributed by atoms with Crippen molar-refractivity contribution >= 4 is 29.5 Å². The van der Waals surface area contributed by atoms with Crippen LogP contribution in [-0.2, 0) is 19.2 Å². The third-order valence-corrected chi connectivity index (χ3v) is 9.28. The van der Waals surface area contributed by atoms with E-state index >= 15 is 0 Å². The Morgan fingerprint density at radius 2 is 1.68 bits per heavy atom. The Kier molecular flexibility index (Phi) is 8.64. The number of urea groups is 1. The highest BCUT2D eigenvalue weighted by atomic mass is 16.2. The smallest absolute Gasteiger partial charge is 0.318 e. The summed E-state index contributed by atoms with van der Waals surface area (Å²) in [4.78, 5) is 68.3. The largest absolute Gasteiger partial charge is 0.363 e. The standard InChI is InChI=1S/C27H44N6O5/c1-4-8-18(22(34)23(28)35)30-24(36)21-19-17(27(19,2)3)15-33(21)25(37)20(16-9-6-5-7-10-16)31-26(38)32-13-11-29-12-14-32/h16-21,29H,4-15H2,1-3H3,(H2,28,35)(H,30,36)(H,31,38)/t17?,18?,19?,20?,21-/m0/s1. The van der Waals surface area contributed by atoms with Gasteiger partial charge in [0, 0.05) is 32.7 Å². The number of carbonyl (C=O) groups is 5. The first kappa shape index (κ1) is 28.3. The molecule has 2 saturated heterocycles. The summed E-state index contributed by atoms with van der Waals surface area (Å²) in [6, 6.07) is -2.71. The van der Waals surface area contributed by atoms with Gasteiger partial charge < -0.3 is 31.5 Å². The first-order valence-electron chi connectivity index (χ1n) is 14.3. The number of hydrogen-bond donors (Lipinski definition) is 4. The van der Waals surface area contributed by atoms with E-state index in [-0.39, 0.29) is 41.5 Å². The molecule has 0 radical (unpaired) electrons. The van der Waals surface area contributed by atoms with Crippen LogP contribution in [0.1, 0.15) is 65.7 Å². The van der Waals surface area contributed by atoms with Crippen molar-refractivity contribution in [1.82, 2.24) is 25.8 Å². The zero-order valence-corrected chi connectivity index (χ0v) is 23.0. The number of likely N-dealkylation sites (tertiary alicyclic amines) is 1. The average Bonchev–Trinajstić information content (AvgIpc) is 3.24. The van der Waals surface area contributed by atoms with E-state index < -0.39 is 35.7 Å². The van der Waals surface area contributed by atoms with Crippen LogP contribution in [-0.4, -0.2) is 90.2 Å². The molecule has 4 unspecified atom stereocenters. The molecule has 11 heteroatoms. The first-order chi connectivity index (χ1) is 18.1. The second-order valence-electron chi connectivity index (χ2n) is 12.0. The van der Waals surface area contributed by atoms with E-state index in [2.05, 4.69) is 29.8 Å². The third kappa shape index (κ3) is 5.67. The summed E-state index contributed by atoms with van der Waals surface area (Å²) in [7, 11) is 0. The van der Waals surface area contributed by atoms with Crippen molar-refractivity contribution in [3.8, 4) is 0 Å². The normalized spacial score (nSPS) is 28.1. The quantitative estimate of drug-likeness (QED) is 0.315. The lowest BCUT2D eigenvalue weighted by atomic mass is 9.83. The molecule has 2 aliphatic carbocycles. The number of nitrogens with two attached hydrogens (primary N) is 1. The lowest BCUT2D eigenvalue weighted by Crippen LogP contribution is -2.61. The van der Waals surface area contributed by atoms with Gasteiger partial charge in [-0.1, -0.05) is 46.5 Å². The highest BCUT2D eigenvalue weighted by Crippen LogP contribution is 2.65. The lowest BCUT2D eigenvalue weighted by molar-refractivity contribution is -0.144. The van der Waals surface area contributed by atoms with Crippen molar-refractivity contribution in [2.24, 2.45) is 28.9 Å². The van der Waals surface area contributed by atoms with Crippen molar-refractivity contribution in [2.45, 2.75) is 83.8 Å². The maximum Gasteiger partial charge on any atom is 0.318 e. The number of rotatable bonds is 9. The number of amides is 5. The number of fused-ring (bicyclic) bond motifs is 1. The van der Waals surface area contributed by atoms with Crippen molar-refractivity contribution in [2.75, 3.05) is 32.7 Å². The number of Topliss-reactive ketones (excluding diaryl/α,β-unsaturated/α-hetero) is 1. The van der Waals surface area contributed by atoms with Crippen LogP contribution in [0.3, 0.4) is 0 Å². The Morgan fingerprint density at radius 1 is 1.03 bits per heavy atom. The second-order valence-corrected chi connectivity index (χ2v) is 12.0. The molecule has 38 heavy (non-hydrogen) atoms. The second kappa shape index (κ2) is 11.6. The lowest BCUT2D eigenvalue weighted by Gasteiger charge is -2.38. The Bertz CT molecular complexity index is 942. The minimum Gasteiger partial charge on any atom is -0.363 e. The van der Waals surface area contributed by atoms with Gasteiger partial charge in [0.05, 0.1) is 6.04 Å². The van der Waals surface area contributed by atoms with Crippen molar-refractivity contribution < 1.29 is 24.0 Å². The molecule has 0 aromatic carbocycles. The van der Waals surface area contributed by atoms with Crippen LogP contribution in [0.25, 0.3) is 0 Å². The highest BCUT2D eigenvalue weighted by molar-refractivity contribution is 6.37. The van der Waals surface area contributed by atoms with Crippen LogP contribution in [0.4, 0.5) is 4.79 Å². The molecule has 2 saturated carbocycles. The maximum absolute atomic E-state index is 14.2. The van der Waals surface area contributed by atoms with E-state index in [9.17, 15) is 24.0 Å². The Labute approximate surface area is 225 Å². The number of ketones is 1. The molecular formula is C27H44N6O5. The third-order valence-electron chi connectivity index (χ3n) is 9.28. The fourth-order valence-electron chi connectivity index (χ4n) is 6.92. The molecule has 0 aromatic rings. The number of carbonyl (C=O) groups excluding carboxylic acids is 5. The fourth-order valence-corrected chi connectivity index (χ4v) is 6.92. The van der Waals surface area contributed by atoms with E-state index in [1.165, 1.54) is 0 Å². The Balaban J connectivity index is 1.55. The topological polar surface area (TPSA) is 154 Å². The Morgan fingerprint density at radius 3 is 2.29 bits per heavy atom. The summed E-state index contributed by atoms with van der Waals surface area (Å²) >= 11 is 0. The maximum atomic E-state index is 14.2. The van der Waals surface area contributed by atoms with Gasteiger partial charge in [-0.25, -0.2) is 4.79 Å². The number of piperidine rings is 1. The molecule has 4 fully saturated rings. The number of piperazine rings is 1. The molecule has 5 amide bonds.